The molecule has 1 aliphatic rings. The summed E-state index contributed by atoms with van der Waals surface area (Å²) in [5.74, 6) is 0.172. The van der Waals surface area contributed by atoms with Crippen molar-refractivity contribution in [3.63, 3.8) is 0 Å². The minimum absolute atomic E-state index is 0.0154. The fraction of sp³-hybridized carbons (Fsp3) is 0.444. The van der Waals surface area contributed by atoms with E-state index in [1.165, 1.54) is 23.1 Å². The molecule has 1 aliphatic heterocycles. The number of thioether (sulfide) groups is 1. The monoisotopic (exact) mass is 272 g/mol. The molecule has 0 aromatic carbocycles. The molecule has 1 atom stereocenters. The fourth-order valence-corrected chi connectivity index (χ4v) is 2.67. The average Bonchev–Trinajstić information content (AvgIpc) is 2.79. The minimum Gasteiger partial charge on any atom is -0.332 e. The Morgan fingerprint density at radius 1 is 1.71 bits per heavy atom. The summed E-state index contributed by atoms with van der Waals surface area (Å²) in [6.07, 6.45) is 2.12. The number of carbonyl (C=O) groups excluding carboxylic acids is 2. The number of nitrogens with one attached hydrogen (secondary N) is 3. The highest BCUT2D eigenvalue weighted by Gasteiger charge is 2.18. The van der Waals surface area contributed by atoms with Crippen LogP contribution in [0.3, 0.4) is 0 Å². The zero-order chi connectivity index (χ0) is 12.1. The van der Waals surface area contributed by atoms with E-state index in [9.17, 15) is 9.59 Å². The summed E-state index contributed by atoms with van der Waals surface area (Å²) >= 11 is 2.73. The molecule has 2 amide bonds. The van der Waals surface area contributed by atoms with Crippen molar-refractivity contribution in [1.82, 2.24) is 15.6 Å². The quantitative estimate of drug-likeness (QED) is 0.730. The van der Waals surface area contributed by atoms with Crippen molar-refractivity contribution >= 4 is 40.0 Å². The van der Waals surface area contributed by atoms with E-state index >= 15 is 0 Å². The topological polar surface area (TPSA) is 83.1 Å². The molecular weight excluding hydrogens is 260 g/mol. The van der Waals surface area contributed by atoms with Gasteiger partial charge in [0.2, 0.25) is 11.8 Å². The Labute approximate surface area is 107 Å². The van der Waals surface area contributed by atoms with Gasteiger partial charge in [-0.05, 0) is 0 Å². The molecule has 0 spiro atoms. The molecule has 6 nitrogen and oxygen atoms in total. The zero-order valence-electron chi connectivity index (χ0n) is 8.93. The highest BCUT2D eigenvalue weighted by atomic mass is 32.2. The van der Waals surface area contributed by atoms with Crippen LogP contribution in [0.15, 0.2) is 11.6 Å². The van der Waals surface area contributed by atoms with E-state index in [1.54, 1.807) is 11.6 Å². The second-order valence-electron chi connectivity index (χ2n) is 3.35. The molecule has 8 heteroatoms. The Kier molecular flexibility index (Phi) is 4.35. The molecular formula is C9H12N4O2S2. The summed E-state index contributed by atoms with van der Waals surface area (Å²) in [5.41, 5.74) is -0.182. The molecule has 1 fully saturated rings. The van der Waals surface area contributed by atoms with Crippen LogP contribution in [0, 0.1) is 0 Å². The lowest BCUT2D eigenvalue weighted by molar-refractivity contribution is -0.122. The van der Waals surface area contributed by atoms with Crippen molar-refractivity contribution in [2.24, 2.45) is 0 Å². The van der Waals surface area contributed by atoms with Gasteiger partial charge < -0.3 is 10.6 Å². The van der Waals surface area contributed by atoms with Gasteiger partial charge in [0.25, 0.3) is 0 Å². The zero-order valence-corrected chi connectivity index (χ0v) is 10.6. The van der Waals surface area contributed by atoms with Crippen LogP contribution >= 0.6 is 23.1 Å². The largest absolute Gasteiger partial charge is 0.332 e. The van der Waals surface area contributed by atoms with E-state index in [0.29, 0.717) is 18.1 Å². The lowest BCUT2D eigenvalue weighted by Gasteiger charge is -2.23. The maximum absolute atomic E-state index is 11.5. The van der Waals surface area contributed by atoms with Gasteiger partial charge in [-0.25, -0.2) is 4.98 Å². The second kappa shape index (κ2) is 5.99. The van der Waals surface area contributed by atoms with Gasteiger partial charge in [-0.3, -0.25) is 14.9 Å². The lowest BCUT2D eigenvalue weighted by Crippen LogP contribution is -2.49. The Hall–Kier alpha value is -1.12. The van der Waals surface area contributed by atoms with E-state index in [-0.39, 0.29) is 23.1 Å². The van der Waals surface area contributed by atoms with Crippen molar-refractivity contribution in [3.05, 3.63) is 11.6 Å². The van der Waals surface area contributed by atoms with Crippen molar-refractivity contribution < 1.29 is 9.59 Å². The summed E-state index contributed by atoms with van der Waals surface area (Å²) < 4.78 is 0. The van der Waals surface area contributed by atoms with Crippen molar-refractivity contribution in [3.8, 4) is 0 Å². The molecule has 3 N–H and O–H groups in total. The molecule has 1 saturated heterocycles. The summed E-state index contributed by atoms with van der Waals surface area (Å²) in [6.45, 7) is 0.650. The van der Waals surface area contributed by atoms with Gasteiger partial charge in [0.1, 0.15) is 5.50 Å². The molecule has 92 valence electrons. The molecule has 0 aliphatic carbocycles. The summed E-state index contributed by atoms with van der Waals surface area (Å²) in [4.78, 5) is 26.6. The van der Waals surface area contributed by atoms with E-state index in [2.05, 4.69) is 20.9 Å². The van der Waals surface area contributed by atoms with Crippen LogP contribution in [0.4, 0.5) is 5.13 Å². The number of anilines is 1. The Balaban J connectivity index is 1.70. The number of carbonyl (C=O) groups is 2. The molecule has 0 radical (unpaired) electrons. The SMILES string of the molecule is O=C(CSC1NCCC(=O)N1)Nc1nccs1. The molecule has 2 rings (SSSR count). The highest BCUT2D eigenvalue weighted by Crippen LogP contribution is 2.13. The summed E-state index contributed by atoms with van der Waals surface area (Å²) in [6, 6.07) is 0. The van der Waals surface area contributed by atoms with Gasteiger partial charge in [0.15, 0.2) is 5.13 Å². The van der Waals surface area contributed by atoms with Gasteiger partial charge in [-0.15, -0.1) is 23.1 Å². The van der Waals surface area contributed by atoms with Crippen LogP contribution in [0.1, 0.15) is 6.42 Å². The van der Waals surface area contributed by atoms with Crippen LogP contribution in [-0.2, 0) is 9.59 Å². The standard InChI is InChI=1S/C9H12N4O2S2/c14-6-1-2-10-9(12-6)17-5-7(15)13-8-11-3-4-16-8/h3-4,9-10H,1-2,5H2,(H,12,14)(H,11,13,15). The van der Waals surface area contributed by atoms with Gasteiger partial charge in [0, 0.05) is 24.5 Å². The Morgan fingerprint density at radius 2 is 2.59 bits per heavy atom. The number of rotatable bonds is 4. The number of hydrogen-bond donors (Lipinski definition) is 3. The fourth-order valence-electron chi connectivity index (χ4n) is 1.29. The van der Waals surface area contributed by atoms with E-state index in [1.807, 2.05) is 0 Å². The first-order chi connectivity index (χ1) is 8.24. The summed E-state index contributed by atoms with van der Waals surface area (Å²) in [5, 5.41) is 10.9. The Bertz CT molecular complexity index is 396. The molecule has 17 heavy (non-hydrogen) atoms. The lowest BCUT2D eigenvalue weighted by atomic mass is 10.3. The van der Waals surface area contributed by atoms with Crippen molar-refractivity contribution in [2.45, 2.75) is 11.9 Å². The molecule has 1 aromatic rings. The predicted molar refractivity (Wildman–Crippen MR) is 67.8 cm³/mol. The molecule has 0 saturated carbocycles. The molecule has 2 heterocycles. The molecule has 1 aromatic heterocycles. The molecule has 0 bridgehead atoms. The van der Waals surface area contributed by atoms with Crippen LogP contribution < -0.4 is 16.0 Å². The minimum atomic E-state index is -0.182. The van der Waals surface area contributed by atoms with Gasteiger partial charge in [-0.1, -0.05) is 0 Å². The molecule has 1 unspecified atom stereocenters. The number of aromatic nitrogens is 1. The first-order valence-corrected chi connectivity index (χ1v) is 7.00. The number of thiazole rings is 1. The van der Waals surface area contributed by atoms with Crippen LogP contribution in [0.2, 0.25) is 0 Å². The van der Waals surface area contributed by atoms with Crippen LogP contribution in [-0.4, -0.2) is 34.6 Å². The summed E-state index contributed by atoms with van der Waals surface area (Å²) in [7, 11) is 0. The van der Waals surface area contributed by atoms with E-state index in [0.717, 1.165) is 0 Å². The van der Waals surface area contributed by atoms with Crippen LogP contribution in [0.25, 0.3) is 0 Å². The highest BCUT2D eigenvalue weighted by molar-refractivity contribution is 8.00. The normalized spacial score (nSPS) is 19.8. The Morgan fingerprint density at radius 3 is 3.29 bits per heavy atom. The van der Waals surface area contributed by atoms with Crippen molar-refractivity contribution in [2.75, 3.05) is 17.6 Å². The van der Waals surface area contributed by atoms with E-state index < -0.39 is 0 Å². The second-order valence-corrected chi connectivity index (χ2v) is 5.34. The van der Waals surface area contributed by atoms with Gasteiger partial charge in [-0.2, -0.15) is 0 Å². The van der Waals surface area contributed by atoms with E-state index in [4.69, 9.17) is 0 Å². The third-order valence-corrected chi connectivity index (χ3v) is 3.77. The third kappa shape index (κ3) is 3.99. The smallest absolute Gasteiger partial charge is 0.236 e. The van der Waals surface area contributed by atoms with Gasteiger partial charge >= 0.3 is 0 Å². The third-order valence-electron chi connectivity index (χ3n) is 2.03. The van der Waals surface area contributed by atoms with Crippen molar-refractivity contribution in [1.29, 1.82) is 0 Å². The number of nitrogens with zero attached hydrogens (tertiary/aromatic N) is 1. The number of hydrogen-bond acceptors (Lipinski definition) is 6. The first kappa shape index (κ1) is 12.3. The number of amides is 2. The van der Waals surface area contributed by atoms with Gasteiger partial charge in [0.05, 0.1) is 5.75 Å². The maximum atomic E-state index is 11.5. The maximum Gasteiger partial charge on any atom is 0.236 e. The van der Waals surface area contributed by atoms with Crippen LogP contribution in [0.5, 0.6) is 0 Å². The predicted octanol–water partition coefficient (Wildman–Crippen LogP) is 0.208. The average molecular weight is 272 g/mol. The first-order valence-electron chi connectivity index (χ1n) is 5.08.